The Morgan fingerprint density at radius 1 is 1.11 bits per heavy atom. The summed E-state index contributed by atoms with van der Waals surface area (Å²) in [6.07, 6.45) is 5.11. The van der Waals surface area contributed by atoms with Crippen molar-refractivity contribution in [2.45, 2.75) is 49.9 Å². The summed E-state index contributed by atoms with van der Waals surface area (Å²) in [5, 5.41) is 3.91. The Morgan fingerprint density at radius 3 is 2.84 bits per heavy atom. The summed E-state index contributed by atoms with van der Waals surface area (Å²) in [7, 11) is 0. The highest BCUT2D eigenvalue weighted by Gasteiger charge is 2.39. The van der Waals surface area contributed by atoms with E-state index >= 15 is 0 Å². The summed E-state index contributed by atoms with van der Waals surface area (Å²) in [5.41, 5.74) is 9.05. The van der Waals surface area contributed by atoms with Gasteiger partial charge in [-0.2, -0.15) is 0 Å². The van der Waals surface area contributed by atoms with Crippen LogP contribution in [0.2, 0.25) is 0 Å². The first kappa shape index (κ1) is 11.9. The van der Waals surface area contributed by atoms with Gasteiger partial charge in [0.25, 0.3) is 0 Å². The standard InChI is InChI=1S/C16H23N3/c17-13-10-15(12-5-2-1-4-11(12)13)18-14-7-9-19-8-3-6-16(14)19/h1-2,4-5,13-16,18H,3,6-10,17H2. The molecule has 2 saturated heterocycles. The number of benzene rings is 1. The zero-order valence-corrected chi connectivity index (χ0v) is 11.4. The number of nitrogens with one attached hydrogen (secondary N) is 1. The summed E-state index contributed by atoms with van der Waals surface area (Å²) in [6, 6.07) is 10.8. The van der Waals surface area contributed by atoms with Gasteiger partial charge in [-0.25, -0.2) is 0 Å². The highest BCUT2D eigenvalue weighted by Crippen LogP contribution is 2.39. The normalized spacial score (nSPS) is 37.5. The summed E-state index contributed by atoms with van der Waals surface area (Å²) >= 11 is 0. The minimum absolute atomic E-state index is 0.217. The maximum absolute atomic E-state index is 6.27. The molecule has 0 saturated carbocycles. The van der Waals surface area contributed by atoms with Crippen molar-refractivity contribution in [3.63, 3.8) is 0 Å². The molecule has 0 radical (unpaired) electrons. The van der Waals surface area contributed by atoms with Gasteiger partial charge in [0, 0.05) is 30.7 Å². The van der Waals surface area contributed by atoms with E-state index in [9.17, 15) is 0 Å². The van der Waals surface area contributed by atoms with Crippen molar-refractivity contribution in [1.82, 2.24) is 10.2 Å². The molecule has 1 aromatic rings. The van der Waals surface area contributed by atoms with E-state index in [2.05, 4.69) is 34.5 Å². The molecular formula is C16H23N3. The zero-order chi connectivity index (χ0) is 12.8. The Bertz CT molecular complexity index is 473. The van der Waals surface area contributed by atoms with Gasteiger partial charge in [-0.1, -0.05) is 24.3 Å². The second-order valence-electron chi connectivity index (χ2n) is 6.33. The van der Waals surface area contributed by atoms with Crippen LogP contribution in [-0.4, -0.2) is 30.1 Å². The predicted molar refractivity (Wildman–Crippen MR) is 76.9 cm³/mol. The zero-order valence-electron chi connectivity index (χ0n) is 11.4. The molecule has 102 valence electrons. The van der Waals surface area contributed by atoms with Crippen molar-refractivity contribution in [3.05, 3.63) is 35.4 Å². The molecule has 0 amide bonds. The summed E-state index contributed by atoms with van der Waals surface area (Å²) in [6.45, 7) is 2.59. The van der Waals surface area contributed by atoms with Crippen molar-refractivity contribution in [2.75, 3.05) is 13.1 Å². The molecular weight excluding hydrogens is 234 g/mol. The average Bonchev–Trinajstić information content (AvgIpc) is 3.09. The van der Waals surface area contributed by atoms with Crippen LogP contribution >= 0.6 is 0 Å². The van der Waals surface area contributed by atoms with Crippen LogP contribution in [0.3, 0.4) is 0 Å². The van der Waals surface area contributed by atoms with Crippen LogP contribution in [0.4, 0.5) is 0 Å². The Morgan fingerprint density at radius 2 is 1.95 bits per heavy atom. The van der Waals surface area contributed by atoms with Crippen LogP contribution in [-0.2, 0) is 0 Å². The molecule has 0 spiro atoms. The van der Waals surface area contributed by atoms with E-state index in [0.717, 1.165) is 12.5 Å². The van der Waals surface area contributed by atoms with Crippen LogP contribution in [0.1, 0.15) is 48.9 Å². The van der Waals surface area contributed by atoms with E-state index in [-0.39, 0.29) is 6.04 Å². The lowest BCUT2D eigenvalue weighted by Crippen LogP contribution is -2.40. The van der Waals surface area contributed by atoms with Crippen LogP contribution in [0, 0.1) is 0 Å². The fraction of sp³-hybridized carbons (Fsp3) is 0.625. The molecule has 1 aromatic carbocycles. The quantitative estimate of drug-likeness (QED) is 0.851. The maximum Gasteiger partial charge on any atom is 0.0344 e. The minimum Gasteiger partial charge on any atom is -0.324 e. The van der Waals surface area contributed by atoms with Gasteiger partial charge in [0.05, 0.1) is 0 Å². The number of nitrogens with two attached hydrogens (primary N) is 1. The van der Waals surface area contributed by atoms with E-state index in [1.54, 1.807) is 0 Å². The minimum atomic E-state index is 0.217. The second-order valence-corrected chi connectivity index (χ2v) is 6.33. The van der Waals surface area contributed by atoms with Crippen molar-refractivity contribution in [1.29, 1.82) is 0 Å². The number of nitrogens with zero attached hydrogens (tertiary/aromatic N) is 1. The number of hydrogen-bond acceptors (Lipinski definition) is 3. The lowest BCUT2D eigenvalue weighted by Gasteiger charge is -2.25. The fourth-order valence-corrected chi connectivity index (χ4v) is 4.37. The molecule has 3 aliphatic rings. The second kappa shape index (κ2) is 4.58. The van der Waals surface area contributed by atoms with E-state index < -0.39 is 0 Å². The molecule has 4 atom stereocenters. The Hall–Kier alpha value is -0.900. The van der Waals surface area contributed by atoms with Crippen LogP contribution in [0.25, 0.3) is 0 Å². The lowest BCUT2D eigenvalue weighted by molar-refractivity contribution is 0.287. The molecule has 0 aromatic heterocycles. The number of fused-ring (bicyclic) bond motifs is 2. The molecule has 2 aliphatic heterocycles. The fourth-order valence-electron chi connectivity index (χ4n) is 4.37. The van der Waals surface area contributed by atoms with Gasteiger partial charge in [0.15, 0.2) is 0 Å². The van der Waals surface area contributed by atoms with Crippen molar-refractivity contribution < 1.29 is 0 Å². The largest absolute Gasteiger partial charge is 0.324 e. The molecule has 4 rings (SSSR count). The first-order chi connectivity index (χ1) is 9.33. The third-order valence-corrected chi connectivity index (χ3v) is 5.28. The van der Waals surface area contributed by atoms with E-state index in [4.69, 9.17) is 5.73 Å². The summed E-state index contributed by atoms with van der Waals surface area (Å²) < 4.78 is 0. The number of rotatable bonds is 2. The highest BCUT2D eigenvalue weighted by molar-refractivity contribution is 5.37. The predicted octanol–water partition coefficient (Wildman–Crippen LogP) is 1.96. The Balaban J connectivity index is 1.52. The van der Waals surface area contributed by atoms with Gasteiger partial charge in [-0.05, 0) is 43.4 Å². The Labute approximate surface area is 115 Å². The Kier molecular flexibility index (Phi) is 2.87. The van der Waals surface area contributed by atoms with Crippen molar-refractivity contribution >= 4 is 0 Å². The van der Waals surface area contributed by atoms with Gasteiger partial charge >= 0.3 is 0 Å². The van der Waals surface area contributed by atoms with Gasteiger partial charge in [0.2, 0.25) is 0 Å². The monoisotopic (exact) mass is 257 g/mol. The van der Waals surface area contributed by atoms with Crippen LogP contribution in [0.5, 0.6) is 0 Å². The number of hydrogen-bond donors (Lipinski definition) is 2. The summed E-state index contributed by atoms with van der Waals surface area (Å²) in [4.78, 5) is 2.67. The van der Waals surface area contributed by atoms with Gasteiger partial charge < -0.3 is 11.1 Å². The molecule has 19 heavy (non-hydrogen) atoms. The third-order valence-electron chi connectivity index (χ3n) is 5.28. The van der Waals surface area contributed by atoms with Gasteiger partial charge in [0.1, 0.15) is 0 Å². The molecule has 4 unspecified atom stereocenters. The molecule has 3 heteroatoms. The van der Waals surface area contributed by atoms with E-state index in [0.29, 0.717) is 12.1 Å². The molecule has 0 bridgehead atoms. The van der Waals surface area contributed by atoms with E-state index in [1.807, 2.05) is 0 Å². The highest BCUT2D eigenvalue weighted by atomic mass is 15.2. The first-order valence-electron chi connectivity index (χ1n) is 7.67. The smallest absolute Gasteiger partial charge is 0.0344 e. The van der Waals surface area contributed by atoms with Crippen molar-refractivity contribution in [2.24, 2.45) is 5.73 Å². The topological polar surface area (TPSA) is 41.3 Å². The van der Waals surface area contributed by atoms with Crippen molar-refractivity contribution in [3.8, 4) is 0 Å². The molecule has 3 nitrogen and oxygen atoms in total. The SMILES string of the molecule is NC1CC(NC2CCN3CCCC23)c2ccccc21. The molecule has 3 N–H and O–H groups in total. The van der Waals surface area contributed by atoms with Crippen LogP contribution < -0.4 is 11.1 Å². The van der Waals surface area contributed by atoms with Gasteiger partial charge in [-0.15, -0.1) is 0 Å². The van der Waals surface area contributed by atoms with E-state index in [1.165, 1.54) is 43.5 Å². The summed E-state index contributed by atoms with van der Waals surface area (Å²) in [5.74, 6) is 0. The molecule has 2 fully saturated rings. The first-order valence-corrected chi connectivity index (χ1v) is 7.67. The third kappa shape index (κ3) is 1.92. The maximum atomic E-state index is 6.27. The van der Waals surface area contributed by atoms with Crippen LogP contribution in [0.15, 0.2) is 24.3 Å². The molecule has 2 heterocycles. The van der Waals surface area contributed by atoms with Gasteiger partial charge in [-0.3, -0.25) is 4.90 Å². The average molecular weight is 257 g/mol. The lowest BCUT2D eigenvalue weighted by atomic mass is 10.0. The molecule has 1 aliphatic carbocycles.